The zero-order valence-corrected chi connectivity index (χ0v) is 16.5. The number of aryl methyl sites for hydroxylation is 3. The van der Waals surface area contributed by atoms with Gasteiger partial charge in [-0.1, -0.05) is 24.3 Å². The maximum absolute atomic E-state index is 12.5. The van der Waals surface area contributed by atoms with Gasteiger partial charge in [0, 0.05) is 25.3 Å². The predicted octanol–water partition coefficient (Wildman–Crippen LogP) is 3.81. The average molecular weight is 373 g/mol. The molecule has 0 saturated carbocycles. The first-order chi connectivity index (χ1) is 12.5. The molecule has 0 amide bonds. The molecule has 1 saturated heterocycles. The minimum Gasteiger partial charge on any atom is -0.372 e. The molecule has 2 aromatic carbocycles. The van der Waals surface area contributed by atoms with Gasteiger partial charge in [0.25, 0.3) is 0 Å². The third kappa shape index (κ3) is 4.65. The first-order valence-corrected chi connectivity index (χ1v) is 10.8. The molecular formula is C21H28N2O2S. The minimum absolute atomic E-state index is 0.382. The molecule has 0 atom stereocenters. The Labute approximate surface area is 157 Å². The van der Waals surface area contributed by atoms with E-state index in [0.29, 0.717) is 11.4 Å². The lowest BCUT2D eigenvalue weighted by Gasteiger charge is -2.17. The van der Waals surface area contributed by atoms with Gasteiger partial charge in [0.05, 0.1) is 4.90 Å². The number of nitrogens with zero attached hydrogens (tertiary/aromatic N) is 1. The van der Waals surface area contributed by atoms with E-state index in [1.165, 1.54) is 24.1 Å². The molecule has 1 aliphatic heterocycles. The molecule has 0 unspecified atom stereocenters. The van der Waals surface area contributed by atoms with Crippen molar-refractivity contribution in [3.63, 3.8) is 0 Å². The van der Waals surface area contributed by atoms with Crippen LogP contribution in [0.1, 0.15) is 36.0 Å². The summed E-state index contributed by atoms with van der Waals surface area (Å²) in [4.78, 5) is 2.80. The number of hydrogen-bond donors (Lipinski definition) is 1. The van der Waals surface area contributed by atoms with Crippen molar-refractivity contribution in [3.05, 3.63) is 59.2 Å². The molecule has 5 heteroatoms. The lowest BCUT2D eigenvalue weighted by molar-refractivity contribution is 0.578. The maximum atomic E-state index is 12.5. The van der Waals surface area contributed by atoms with E-state index < -0.39 is 10.0 Å². The van der Waals surface area contributed by atoms with Crippen molar-refractivity contribution in [2.24, 2.45) is 0 Å². The van der Waals surface area contributed by atoms with E-state index in [1.54, 1.807) is 6.07 Å². The summed E-state index contributed by atoms with van der Waals surface area (Å²) in [5.74, 6) is 0. The fourth-order valence-electron chi connectivity index (χ4n) is 3.42. The molecule has 1 aliphatic rings. The maximum Gasteiger partial charge on any atom is 0.240 e. The number of rotatable bonds is 7. The quantitative estimate of drug-likeness (QED) is 0.752. The van der Waals surface area contributed by atoms with Crippen molar-refractivity contribution in [1.29, 1.82) is 0 Å². The van der Waals surface area contributed by atoms with Gasteiger partial charge in [0.1, 0.15) is 0 Å². The molecule has 1 heterocycles. The van der Waals surface area contributed by atoms with Gasteiger partial charge in [0.15, 0.2) is 0 Å². The van der Waals surface area contributed by atoms with Gasteiger partial charge in [-0.2, -0.15) is 0 Å². The van der Waals surface area contributed by atoms with E-state index in [1.807, 2.05) is 26.0 Å². The van der Waals surface area contributed by atoms with E-state index in [2.05, 4.69) is 33.9 Å². The second-order valence-electron chi connectivity index (χ2n) is 7.13. The van der Waals surface area contributed by atoms with Crippen LogP contribution < -0.4 is 9.62 Å². The van der Waals surface area contributed by atoms with Crippen molar-refractivity contribution in [2.75, 3.05) is 24.5 Å². The van der Waals surface area contributed by atoms with E-state index >= 15 is 0 Å². The van der Waals surface area contributed by atoms with Gasteiger partial charge in [0.2, 0.25) is 10.0 Å². The van der Waals surface area contributed by atoms with Gasteiger partial charge < -0.3 is 4.90 Å². The van der Waals surface area contributed by atoms with Crippen LogP contribution in [0.25, 0.3) is 0 Å². The Bertz CT molecular complexity index is 839. The van der Waals surface area contributed by atoms with Crippen LogP contribution in [0, 0.1) is 13.8 Å². The van der Waals surface area contributed by atoms with E-state index in [0.717, 1.165) is 37.1 Å². The Balaban J connectivity index is 1.51. The first kappa shape index (κ1) is 18.9. The minimum atomic E-state index is -3.44. The Morgan fingerprint density at radius 3 is 2.38 bits per heavy atom. The zero-order chi connectivity index (χ0) is 18.6. The summed E-state index contributed by atoms with van der Waals surface area (Å²) in [6.07, 6.45) is 4.22. The highest BCUT2D eigenvalue weighted by Crippen LogP contribution is 2.21. The van der Waals surface area contributed by atoms with Crippen molar-refractivity contribution in [1.82, 2.24) is 4.72 Å². The van der Waals surface area contributed by atoms with Crippen molar-refractivity contribution < 1.29 is 8.42 Å². The molecule has 2 aromatic rings. The van der Waals surface area contributed by atoms with Crippen LogP contribution >= 0.6 is 0 Å². The predicted molar refractivity (Wildman–Crippen MR) is 107 cm³/mol. The van der Waals surface area contributed by atoms with Crippen LogP contribution in [0.4, 0.5) is 5.69 Å². The SMILES string of the molecule is Cc1ccc(C)c(S(=O)(=O)NCCCc2ccc(N3CCCC3)cc2)c1. The monoisotopic (exact) mass is 372 g/mol. The van der Waals surface area contributed by atoms with Crippen LogP contribution in [0.2, 0.25) is 0 Å². The number of benzene rings is 2. The van der Waals surface area contributed by atoms with Gasteiger partial charge in [-0.15, -0.1) is 0 Å². The van der Waals surface area contributed by atoms with Crippen molar-refractivity contribution in [2.45, 2.75) is 44.4 Å². The van der Waals surface area contributed by atoms with Crippen molar-refractivity contribution in [3.8, 4) is 0 Å². The average Bonchev–Trinajstić information content (AvgIpc) is 3.16. The molecule has 140 valence electrons. The second-order valence-corrected chi connectivity index (χ2v) is 8.87. The molecule has 0 aromatic heterocycles. The number of nitrogens with one attached hydrogen (secondary N) is 1. The highest BCUT2D eigenvalue weighted by Gasteiger charge is 2.16. The smallest absolute Gasteiger partial charge is 0.240 e. The number of sulfonamides is 1. The van der Waals surface area contributed by atoms with E-state index in [-0.39, 0.29) is 0 Å². The summed E-state index contributed by atoms with van der Waals surface area (Å²) in [6, 6.07) is 14.2. The Morgan fingerprint density at radius 2 is 1.69 bits per heavy atom. The molecule has 0 aliphatic carbocycles. The molecule has 4 nitrogen and oxygen atoms in total. The molecule has 26 heavy (non-hydrogen) atoms. The van der Waals surface area contributed by atoms with Gasteiger partial charge in [-0.3, -0.25) is 0 Å². The summed E-state index contributed by atoms with van der Waals surface area (Å²) in [5.41, 5.74) is 4.27. The van der Waals surface area contributed by atoms with E-state index in [9.17, 15) is 8.42 Å². The molecule has 0 spiro atoms. The van der Waals surface area contributed by atoms with Gasteiger partial charge in [-0.05, 0) is 74.4 Å². The summed E-state index contributed by atoms with van der Waals surface area (Å²) >= 11 is 0. The Kier molecular flexibility index (Phi) is 5.99. The van der Waals surface area contributed by atoms with E-state index in [4.69, 9.17) is 0 Å². The largest absolute Gasteiger partial charge is 0.372 e. The highest BCUT2D eigenvalue weighted by molar-refractivity contribution is 7.89. The molecule has 0 bridgehead atoms. The molecule has 1 fully saturated rings. The number of anilines is 1. The standard InChI is InChI=1S/C21H28N2O2S/c1-17-7-8-18(2)21(16-17)26(24,25)22-13-5-6-19-9-11-20(12-10-19)23-14-3-4-15-23/h7-12,16,22H,3-6,13-15H2,1-2H3. The lowest BCUT2D eigenvalue weighted by Crippen LogP contribution is -2.26. The third-order valence-electron chi connectivity index (χ3n) is 4.98. The molecule has 0 radical (unpaired) electrons. The van der Waals surface area contributed by atoms with Gasteiger partial charge >= 0.3 is 0 Å². The van der Waals surface area contributed by atoms with Crippen LogP contribution in [0.15, 0.2) is 47.4 Å². The van der Waals surface area contributed by atoms with Crippen LogP contribution in [-0.4, -0.2) is 28.1 Å². The Hall–Kier alpha value is -1.85. The second kappa shape index (κ2) is 8.23. The van der Waals surface area contributed by atoms with Crippen molar-refractivity contribution >= 4 is 15.7 Å². The van der Waals surface area contributed by atoms with Crippen LogP contribution in [0.5, 0.6) is 0 Å². The molecule has 1 N–H and O–H groups in total. The van der Waals surface area contributed by atoms with Crippen LogP contribution in [0.3, 0.4) is 0 Å². The fourth-order valence-corrected chi connectivity index (χ4v) is 4.82. The van der Waals surface area contributed by atoms with Crippen LogP contribution in [-0.2, 0) is 16.4 Å². The fraction of sp³-hybridized carbons (Fsp3) is 0.429. The highest BCUT2D eigenvalue weighted by atomic mass is 32.2. The summed E-state index contributed by atoms with van der Waals surface area (Å²) in [5, 5.41) is 0. The molecule has 3 rings (SSSR count). The molecular weight excluding hydrogens is 344 g/mol. The first-order valence-electron chi connectivity index (χ1n) is 9.36. The summed E-state index contributed by atoms with van der Waals surface area (Å²) in [7, 11) is -3.44. The third-order valence-corrected chi connectivity index (χ3v) is 6.58. The summed E-state index contributed by atoms with van der Waals surface area (Å²) in [6.45, 7) is 6.49. The Morgan fingerprint density at radius 1 is 1.00 bits per heavy atom. The topological polar surface area (TPSA) is 49.4 Å². The van der Waals surface area contributed by atoms with Gasteiger partial charge in [-0.25, -0.2) is 13.1 Å². The normalized spacial score (nSPS) is 14.8. The number of hydrogen-bond acceptors (Lipinski definition) is 3. The zero-order valence-electron chi connectivity index (χ0n) is 15.7. The summed E-state index contributed by atoms with van der Waals surface area (Å²) < 4.78 is 27.7. The lowest BCUT2D eigenvalue weighted by atomic mass is 10.1.